The molecule has 1 aromatic carbocycles. The van der Waals surface area contributed by atoms with Crippen LogP contribution < -0.4 is 0 Å². The molecule has 0 fully saturated rings. The molecule has 94 valence electrons. The molecule has 0 aliphatic carbocycles. The molecule has 2 nitrogen and oxygen atoms in total. The lowest BCUT2D eigenvalue weighted by Gasteiger charge is -2.29. The number of rotatable bonds is 5. The smallest absolute Gasteiger partial charge is 0.308 e. The van der Waals surface area contributed by atoms with Crippen LogP contribution in [0.1, 0.15) is 32.8 Å². The van der Waals surface area contributed by atoms with E-state index >= 15 is 0 Å². The van der Waals surface area contributed by atoms with E-state index in [1.807, 2.05) is 25.1 Å². The summed E-state index contributed by atoms with van der Waals surface area (Å²) in [5.41, 5.74) is 1.28. The fourth-order valence-corrected chi connectivity index (χ4v) is 1.82. The number of esters is 1. The van der Waals surface area contributed by atoms with Crippen molar-refractivity contribution in [2.75, 3.05) is 7.11 Å². The van der Waals surface area contributed by atoms with Crippen LogP contribution >= 0.6 is 0 Å². The van der Waals surface area contributed by atoms with Gasteiger partial charge in [0.05, 0.1) is 13.0 Å². The Morgan fingerprint density at radius 1 is 1.29 bits per heavy atom. The van der Waals surface area contributed by atoms with Crippen LogP contribution in [0.15, 0.2) is 30.3 Å². The molecule has 0 N–H and O–H groups in total. The standard InChI is InChI=1S/C15H22O2/c1-12(14(16)17-4)15(2,3)11-10-13-8-6-5-7-9-13/h5-9,12H,10-11H2,1-4H3. The third-order valence-electron chi connectivity index (χ3n) is 3.63. The highest BCUT2D eigenvalue weighted by atomic mass is 16.5. The molecule has 2 heteroatoms. The van der Waals surface area contributed by atoms with Crippen molar-refractivity contribution in [2.45, 2.75) is 33.6 Å². The van der Waals surface area contributed by atoms with E-state index in [9.17, 15) is 4.79 Å². The second kappa shape index (κ2) is 5.85. The van der Waals surface area contributed by atoms with Crippen molar-refractivity contribution in [3.8, 4) is 0 Å². The number of aryl methyl sites for hydroxylation is 1. The second-order valence-electron chi connectivity index (χ2n) is 5.22. The van der Waals surface area contributed by atoms with Crippen LogP contribution in [0.25, 0.3) is 0 Å². The summed E-state index contributed by atoms with van der Waals surface area (Å²) in [4.78, 5) is 11.5. The van der Waals surface area contributed by atoms with E-state index in [4.69, 9.17) is 4.74 Å². The molecular weight excluding hydrogens is 212 g/mol. The zero-order chi connectivity index (χ0) is 12.9. The first-order valence-electron chi connectivity index (χ1n) is 6.09. The Balaban J connectivity index is 2.58. The summed E-state index contributed by atoms with van der Waals surface area (Å²) in [6, 6.07) is 10.4. The monoisotopic (exact) mass is 234 g/mol. The molecule has 0 aliphatic rings. The summed E-state index contributed by atoms with van der Waals surface area (Å²) < 4.78 is 4.81. The van der Waals surface area contributed by atoms with Crippen LogP contribution in [0.2, 0.25) is 0 Å². The maximum absolute atomic E-state index is 11.5. The molecule has 0 spiro atoms. The zero-order valence-electron chi connectivity index (χ0n) is 11.2. The zero-order valence-corrected chi connectivity index (χ0v) is 11.2. The lowest BCUT2D eigenvalue weighted by Crippen LogP contribution is -2.30. The Morgan fingerprint density at radius 3 is 2.41 bits per heavy atom. The Hall–Kier alpha value is -1.31. The van der Waals surface area contributed by atoms with Crippen molar-refractivity contribution in [2.24, 2.45) is 11.3 Å². The first-order chi connectivity index (χ1) is 7.97. The number of carbonyl (C=O) groups is 1. The molecule has 0 radical (unpaired) electrons. The molecule has 1 atom stereocenters. The van der Waals surface area contributed by atoms with Crippen molar-refractivity contribution in [3.05, 3.63) is 35.9 Å². The van der Waals surface area contributed by atoms with Gasteiger partial charge in [-0.15, -0.1) is 0 Å². The van der Waals surface area contributed by atoms with Gasteiger partial charge >= 0.3 is 5.97 Å². The Labute approximate surface area is 104 Å². The van der Waals surface area contributed by atoms with E-state index in [-0.39, 0.29) is 17.3 Å². The van der Waals surface area contributed by atoms with E-state index in [1.165, 1.54) is 12.7 Å². The van der Waals surface area contributed by atoms with Crippen molar-refractivity contribution >= 4 is 5.97 Å². The second-order valence-corrected chi connectivity index (χ2v) is 5.22. The lowest BCUT2D eigenvalue weighted by atomic mass is 9.75. The molecule has 17 heavy (non-hydrogen) atoms. The van der Waals surface area contributed by atoms with Crippen molar-refractivity contribution in [1.29, 1.82) is 0 Å². The molecule has 0 aromatic heterocycles. The number of ether oxygens (including phenoxy) is 1. The third-order valence-corrected chi connectivity index (χ3v) is 3.63. The summed E-state index contributed by atoms with van der Waals surface area (Å²) in [5.74, 6) is -0.195. The van der Waals surface area contributed by atoms with Crippen LogP contribution in [-0.4, -0.2) is 13.1 Å². The average Bonchev–Trinajstić information content (AvgIpc) is 2.36. The predicted molar refractivity (Wildman–Crippen MR) is 69.7 cm³/mol. The van der Waals surface area contributed by atoms with Crippen LogP contribution in [0.3, 0.4) is 0 Å². The Bertz CT molecular complexity index is 354. The number of hydrogen-bond acceptors (Lipinski definition) is 2. The number of methoxy groups -OCH3 is 1. The van der Waals surface area contributed by atoms with E-state index in [0.29, 0.717) is 0 Å². The number of benzene rings is 1. The molecule has 0 aliphatic heterocycles. The van der Waals surface area contributed by atoms with Gasteiger partial charge in [-0.2, -0.15) is 0 Å². The van der Waals surface area contributed by atoms with Crippen molar-refractivity contribution in [3.63, 3.8) is 0 Å². The summed E-state index contributed by atoms with van der Waals surface area (Å²) in [5, 5.41) is 0. The van der Waals surface area contributed by atoms with Gasteiger partial charge < -0.3 is 4.74 Å². The molecule has 0 heterocycles. The van der Waals surface area contributed by atoms with Gasteiger partial charge in [-0.1, -0.05) is 51.1 Å². The van der Waals surface area contributed by atoms with E-state index in [0.717, 1.165) is 12.8 Å². The molecular formula is C15H22O2. The topological polar surface area (TPSA) is 26.3 Å². The molecule has 1 unspecified atom stereocenters. The molecule has 0 saturated carbocycles. The minimum absolute atomic E-state index is 0.0388. The molecule has 1 aromatic rings. The van der Waals surface area contributed by atoms with Crippen molar-refractivity contribution < 1.29 is 9.53 Å². The van der Waals surface area contributed by atoms with Crippen molar-refractivity contribution in [1.82, 2.24) is 0 Å². The quantitative estimate of drug-likeness (QED) is 0.729. The van der Waals surface area contributed by atoms with Gasteiger partial charge in [0.25, 0.3) is 0 Å². The fourth-order valence-electron chi connectivity index (χ4n) is 1.82. The molecule has 0 amide bonds. The molecule has 1 rings (SSSR count). The summed E-state index contributed by atoms with van der Waals surface area (Å²) in [7, 11) is 1.45. The summed E-state index contributed by atoms with van der Waals surface area (Å²) >= 11 is 0. The highest BCUT2D eigenvalue weighted by molar-refractivity contribution is 5.72. The average molecular weight is 234 g/mol. The third kappa shape index (κ3) is 3.88. The van der Waals surface area contributed by atoms with Gasteiger partial charge in [0.15, 0.2) is 0 Å². The summed E-state index contributed by atoms with van der Waals surface area (Å²) in [6.07, 6.45) is 1.97. The molecule has 0 saturated heterocycles. The first-order valence-corrected chi connectivity index (χ1v) is 6.09. The summed E-state index contributed by atoms with van der Waals surface area (Å²) in [6.45, 7) is 6.19. The normalized spacial score (nSPS) is 13.2. The minimum Gasteiger partial charge on any atom is -0.469 e. The minimum atomic E-state index is -0.122. The Kier molecular flexibility index (Phi) is 4.73. The number of carbonyl (C=O) groups excluding carboxylic acids is 1. The van der Waals surface area contributed by atoms with Crippen LogP contribution in [0.5, 0.6) is 0 Å². The largest absolute Gasteiger partial charge is 0.469 e. The van der Waals surface area contributed by atoms with E-state index in [1.54, 1.807) is 0 Å². The van der Waals surface area contributed by atoms with Gasteiger partial charge in [-0.05, 0) is 23.8 Å². The predicted octanol–water partition coefficient (Wildman–Crippen LogP) is 3.45. The van der Waals surface area contributed by atoms with E-state index < -0.39 is 0 Å². The fraction of sp³-hybridized carbons (Fsp3) is 0.533. The van der Waals surface area contributed by atoms with Crippen LogP contribution in [0.4, 0.5) is 0 Å². The Morgan fingerprint density at radius 2 is 1.88 bits per heavy atom. The SMILES string of the molecule is COC(=O)C(C)C(C)(C)CCc1ccccc1. The lowest BCUT2D eigenvalue weighted by molar-refractivity contribution is -0.148. The number of hydrogen-bond donors (Lipinski definition) is 0. The molecule has 0 bridgehead atoms. The maximum atomic E-state index is 11.5. The van der Waals surface area contributed by atoms with Gasteiger partial charge in [-0.3, -0.25) is 4.79 Å². The van der Waals surface area contributed by atoms with Gasteiger partial charge in [0, 0.05) is 0 Å². The maximum Gasteiger partial charge on any atom is 0.308 e. The highest BCUT2D eigenvalue weighted by Gasteiger charge is 2.31. The van der Waals surface area contributed by atoms with Gasteiger partial charge in [0.1, 0.15) is 0 Å². The highest BCUT2D eigenvalue weighted by Crippen LogP contribution is 2.32. The van der Waals surface area contributed by atoms with Crippen LogP contribution in [-0.2, 0) is 16.0 Å². The first kappa shape index (κ1) is 13.8. The van der Waals surface area contributed by atoms with Crippen LogP contribution in [0, 0.1) is 11.3 Å². The van der Waals surface area contributed by atoms with Gasteiger partial charge in [-0.25, -0.2) is 0 Å². The van der Waals surface area contributed by atoms with Gasteiger partial charge in [0.2, 0.25) is 0 Å². The van der Waals surface area contributed by atoms with E-state index in [2.05, 4.69) is 26.0 Å².